The van der Waals surface area contributed by atoms with Crippen LogP contribution in [0.2, 0.25) is 0 Å². The van der Waals surface area contributed by atoms with E-state index in [9.17, 15) is 4.57 Å². The summed E-state index contributed by atoms with van der Waals surface area (Å²) < 4.78 is 56.7. The van der Waals surface area contributed by atoms with Crippen molar-refractivity contribution in [3.8, 4) is 5.75 Å². The fourth-order valence-corrected chi connectivity index (χ4v) is 5.05. The molecule has 0 amide bonds. The summed E-state index contributed by atoms with van der Waals surface area (Å²) in [5, 5.41) is -0.0237. The van der Waals surface area contributed by atoms with Crippen LogP contribution in [-0.4, -0.2) is 32.8 Å². The minimum atomic E-state index is -4.58. The van der Waals surface area contributed by atoms with E-state index in [0.29, 0.717) is 19.6 Å². The molecule has 2 aromatic rings. The highest BCUT2D eigenvalue weighted by Crippen LogP contribution is 2.66. The minimum absolute atomic E-state index is 0.0237. The predicted octanol–water partition coefficient (Wildman–Crippen LogP) is 4.95. The Morgan fingerprint density at radius 2 is 1.83 bits per heavy atom. The van der Waals surface area contributed by atoms with E-state index < -0.39 is 13.0 Å². The molecule has 0 heterocycles. The Morgan fingerprint density at radius 3 is 2.40 bits per heavy atom. The fourth-order valence-electron chi connectivity index (χ4n) is 2.99. The summed E-state index contributed by atoms with van der Waals surface area (Å²) in [7, 11) is -2.86. The van der Waals surface area contributed by atoms with Crippen LogP contribution >= 0.6 is 7.37 Å². The van der Waals surface area contributed by atoms with Crippen LogP contribution in [0.15, 0.2) is 48.5 Å². The molecule has 8 heteroatoms. The van der Waals surface area contributed by atoms with Gasteiger partial charge in [0.15, 0.2) is 0 Å². The zero-order chi connectivity index (χ0) is 22.4. The number of nitrogens with two attached hydrogens (primary N) is 1. The Balaban J connectivity index is 2.65. The minimum Gasteiger partial charge on any atom is -0.494 e. The van der Waals surface area contributed by atoms with Crippen molar-refractivity contribution in [2.75, 3.05) is 31.7 Å². The Bertz CT molecular complexity index is 863. The van der Waals surface area contributed by atoms with Gasteiger partial charge in [0, 0.05) is 24.1 Å². The second-order valence-electron chi connectivity index (χ2n) is 7.22. The SMILES string of the molecule is CCOP(=O)(c1ccccc1)C(F)(F)c1cc(OCCCN)ccc1N(C)C(C)C. The van der Waals surface area contributed by atoms with E-state index in [4.69, 9.17) is 15.0 Å². The number of benzene rings is 2. The molecule has 5 nitrogen and oxygen atoms in total. The molecular weight excluding hydrogens is 409 g/mol. The lowest BCUT2D eigenvalue weighted by Gasteiger charge is -2.33. The number of nitrogens with zero attached hydrogens (tertiary/aromatic N) is 1. The summed E-state index contributed by atoms with van der Waals surface area (Å²) in [5.41, 5.74) is 1.61. The molecule has 0 bridgehead atoms. The molecule has 0 spiro atoms. The van der Waals surface area contributed by atoms with Gasteiger partial charge in [0.05, 0.1) is 18.8 Å². The molecular formula is C22H31F2N2O3P. The summed E-state index contributed by atoms with van der Waals surface area (Å²) in [6, 6.07) is 12.1. The van der Waals surface area contributed by atoms with Crippen molar-refractivity contribution in [3.05, 3.63) is 54.1 Å². The standard InChI is InChI=1S/C22H31F2N2O3P/c1-5-29-30(27,19-10-7-6-8-11-19)22(23,24)20-16-18(28-15-9-14-25)12-13-21(20)26(4)17(2)3/h6-8,10-13,16-17H,5,9,14-15,25H2,1-4H3. The van der Waals surface area contributed by atoms with Gasteiger partial charge in [-0.15, -0.1) is 0 Å². The summed E-state index contributed by atoms with van der Waals surface area (Å²) in [4.78, 5) is 1.72. The number of hydrogen-bond donors (Lipinski definition) is 1. The van der Waals surface area contributed by atoms with E-state index >= 15 is 8.78 Å². The van der Waals surface area contributed by atoms with Gasteiger partial charge in [0.1, 0.15) is 5.75 Å². The van der Waals surface area contributed by atoms with Crippen LogP contribution in [-0.2, 0) is 14.8 Å². The Hall–Kier alpha value is -1.95. The van der Waals surface area contributed by atoms with Gasteiger partial charge in [-0.3, -0.25) is 4.57 Å². The van der Waals surface area contributed by atoms with Crippen LogP contribution in [0.5, 0.6) is 5.75 Å². The molecule has 0 aliphatic heterocycles. The van der Waals surface area contributed by atoms with Crippen LogP contribution in [0.1, 0.15) is 32.8 Å². The largest absolute Gasteiger partial charge is 0.494 e. The monoisotopic (exact) mass is 440 g/mol. The number of halogens is 2. The number of anilines is 1. The zero-order valence-electron chi connectivity index (χ0n) is 18.0. The maximum absolute atomic E-state index is 16.0. The Morgan fingerprint density at radius 1 is 1.17 bits per heavy atom. The van der Waals surface area contributed by atoms with E-state index in [2.05, 4.69) is 0 Å². The van der Waals surface area contributed by atoms with Crippen molar-refractivity contribution in [3.63, 3.8) is 0 Å². The van der Waals surface area contributed by atoms with Crippen molar-refractivity contribution >= 4 is 18.4 Å². The van der Waals surface area contributed by atoms with Gasteiger partial charge in [0.2, 0.25) is 0 Å². The number of hydrogen-bond acceptors (Lipinski definition) is 5. The molecule has 30 heavy (non-hydrogen) atoms. The van der Waals surface area contributed by atoms with E-state index in [1.165, 1.54) is 18.2 Å². The van der Waals surface area contributed by atoms with Crippen molar-refractivity contribution in [1.82, 2.24) is 0 Å². The predicted molar refractivity (Wildman–Crippen MR) is 118 cm³/mol. The first-order chi connectivity index (χ1) is 14.2. The lowest BCUT2D eigenvalue weighted by Crippen LogP contribution is -2.31. The topological polar surface area (TPSA) is 64.8 Å². The third-order valence-corrected chi connectivity index (χ3v) is 7.42. The van der Waals surface area contributed by atoms with Crippen LogP contribution in [0.3, 0.4) is 0 Å². The molecule has 0 saturated carbocycles. The normalized spacial score (nSPS) is 13.9. The van der Waals surface area contributed by atoms with Gasteiger partial charge in [-0.1, -0.05) is 18.2 Å². The Kier molecular flexibility index (Phi) is 8.42. The van der Waals surface area contributed by atoms with Crippen molar-refractivity contribution < 1.29 is 22.6 Å². The smallest absolute Gasteiger partial charge is 0.352 e. The van der Waals surface area contributed by atoms with Crippen LogP contribution in [0, 0.1) is 0 Å². The third-order valence-electron chi connectivity index (χ3n) is 4.84. The highest BCUT2D eigenvalue weighted by atomic mass is 31.2. The summed E-state index contributed by atoms with van der Waals surface area (Å²) in [6.07, 6.45) is 0.598. The summed E-state index contributed by atoms with van der Waals surface area (Å²) in [6.45, 7) is 5.98. The molecule has 1 atom stereocenters. The maximum atomic E-state index is 16.0. The number of rotatable bonds is 11. The molecule has 0 fully saturated rings. The number of alkyl halides is 2. The lowest BCUT2D eigenvalue weighted by molar-refractivity contribution is 0.0701. The van der Waals surface area contributed by atoms with Gasteiger partial charge in [-0.25, -0.2) is 0 Å². The van der Waals surface area contributed by atoms with Gasteiger partial charge in [-0.05, 0) is 64.1 Å². The third kappa shape index (κ3) is 5.02. The second kappa shape index (κ2) is 10.4. The Labute approximate surface area is 177 Å². The molecule has 0 saturated heterocycles. The van der Waals surface area contributed by atoms with Gasteiger partial charge < -0.3 is 19.9 Å². The van der Waals surface area contributed by atoms with Crippen molar-refractivity contribution in [2.45, 2.75) is 38.9 Å². The molecule has 0 aliphatic rings. The fraction of sp³-hybridized carbons (Fsp3) is 0.455. The van der Waals surface area contributed by atoms with E-state index in [-0.39, 0.29) is 35.0 Å². The van der Waals surface area contributed by atoms with Crippen LogP contribution < -0.4 is 20.7 Å². The highest BCUT2D eigenvalue weighted by Gasteiger charge is 2.55. The van der Waals surface area contributed by atoms with Crippen LogP contribution in [0.25, 0.3) is 0 Å². The maximum Gasteiger partial charge on any atom is 0.352 e. The first kappa shape index (κ1) is 24.3. The van der Waals surface area contributed by atoms with Crippen molar-refractivity contribution in [1.29, 1.82) is 0 Å². The highest BCUT2D eigenvalue weighted by molar-refractivity contribution is 7.67. The van der Waals surface area contributed by atoms with Gasteiger partial charge in [-0.2, -0.15) is 8.78 Å². The molecule has 2 aromatic carbocycles. The second-order valence-corrected chi connectivity index (χ2v) is 9.66. The quantitative estimate of drug-likeness (QED) is 0.396. The zero-order valence-corrected chi connectivity index (χ0v) is 18.9. The molecule has 1 unspecified atom stereocenters. The molecule has 0 aromatic heterocycles. The van der Waals surface area contributed by atoms with E-state index in [1.54, 1.807) is 49.2 Å². The van der Waals surface area contributed by atoms with Crippen molar-refractivity contribution in [2.24, 2.45) is 5.73 Å². The molecule has 0 aliphatic carbocycles. The first-order valence-electron chi connectivity index (χ1n) is 10.1. The molecule has 2 rings (SSSR count). The van der Waals surface area contributed by atoms with Gasteiger partial charge >= 0.3 is 13.0 Å². The molecule has 0 radical (unpaired) electrons. The first-order valence-corrected chi connectivity index (χ1v) is 11.7. The average Bonchev–Trinajstić information content (AvgIpc) is 2.74. The molecule has 166 valence electrons. The van der Waals surface area contributed by atoms with E-state index in [1.807, 2.05) is 13.8 Å². The number of ether oxygens (including phenoxy) is 1. The van der Waals surface area contributed by atoms with Crippen LogP contribution in [0.4, 0.5) is 14.5 Å². The summed E-state index contributed by atoms with van der Waals surface area (Å²) >= 11 is 0. The molecule has 2 N–H and O–H groups in total. The summed E-state index contributed by atoms with van der Waals surface area (Å²) in [5.74, 6) is 0.273. The van der Waals surface area contributed by atoms with Gasteiger partial charge in [0.25, 0.3) is 0 Å². The van der Waals surface area contributed by atoms with E-state index in [0.717, 1.165) is 0 Å². The lowest BCUT2D eigenvalue weighted by atomic mass is 10.1. The average molecular weight is 440 g/mol.